The fraction of sp³-hybridized carbons (Fsp3) is 0. The van der Waals surface area contributed by atoms with E-state index in [4.69, 9.17) is 21.1 Å². The molecule has 0 spiro atoms. The Balaban J connectivity index is 2.11. The zero-order valence-corrected chi connectivity index (χ0v) is 9.28. The molecule has 0 saturated heterocycles. The lowest BCUT2D eigenvalue weighted by Gasteiger charge is -2.06. The lowest BCUT2D eigenvalue weighted by Crippen LogP contribution is -1.84. The van der Waals surface area contributed by atoms with Gasteiger partial charge in [-0.2, -0.15) is 0 Å². The molecule has 0 N–H and O–H groups in total. The molecule has 3 heteroatoms. The van der Waals surface area contributed by atoms with Gasteiger partial charge in [-0.3, -0.25) is 0 Å². The molecule has 0 atom stereocenters. The van der Waals surface area contributed by atoms with Crippen LogP contribution in [0.3, 0.4) is 0 Å². The molecule has 2 aromatic rings. The van der Waals surface area contributed by atoms with E-state index in [1.165, 1.54) is 0 Å². The molecule has 0 aromatic heterocycles. The molecule has 0 bridgehead atoms. The fourth-order valence-electron chi connectivity index (χ4n) is 1.24. The largest absolute Gasteiger partial charge is 0.490 e. The van der Waals surface area contributed by atoms with Gasteiger partial charge in [0.1, 0.15) is 24.4 Å². The Labute approximate surface area is 99.4 Å². The lowest BCUT2D eigenvalue weighted by atomic mass is 10.3. The molecule has 2 nitrogen and oxygen atoms in total. The Kier molecular flexibility index (Phi) is 3.32. The number of ether oxygens (including phenoxy) is 2. The summed E-state index contributed by atoms with van der Waals surface area (Å²) in [6.45, 7) is 0. The molecule has 0 unspecified atom stereocenters. The van der Waals surface area contributed by atoms with Crippen LogP contribution in [0.25, 0.3) is 0 Å². The van der Waals surface area contributed by atoms with E-state index >= 15 is 0 Å². The van der Waals surface area contributed by atoms with Gasteiger partial charge in [0.2, 0.25) is 0 Å². The first kappa shape index (κ1) is 10.8. The van der Waals surface area contributed by atoms with Crippen LogP contribution in [0.15, 0.2) is 48.5 Å². The van der Waals surface area contributed by atoms with E-state index in [1.807, 2.05) is 24.3 Å². The maximum Gasteiger partial charge on any atom is 0.127 e. The Morgan fingerprint density at radius 1 is 0.750 bits per heavy atom. The highest BCUT2D eigenvalue weighted by Crippen LogP contribution is 2.24. The van der Waals surface area contributed by atoms with Crippen molar-refractivity contribution in [3.05, 3.63) is 60.7 Å². The van der Waals surface area contributed by atoms with Gasteiger partial charge in [-0.25, -0.2) is 0 Å². The van der Waals surface area contributed by atoms with Gasteiger partial charge in [-0.05, 0) is 48.5 Å². The predicted octanol–water partition coefficient (Wildman–Crippen LogP) is 4.30. The molecule has 0 heterocycles. The van der Waals surface area contributed by atoms with Gasteiger partial charge in [0.15, 0.2) is 0 Å². The summed E-state index contributed by atoms with van der Waals surface area (Å²) < 4.78 is 10.4. The second-order valence-electron chi connectivity index (χ2n) is 3.17. The highest BCUT2D eigenvalue weighted by atomic mass is 35.5. The van der Waals surface area contributed by atoms with Crippen LogP contribution in [0, 0.1) is 7.11 Å². The summed E-state index contributed by atoms with van der Waals surface area (Å²) in [5, 5.41) is 0.688. The molecule has 2 aromatic carbocycles. The van der Waals surface area contributed by atoms with Gasteiger partial charge in [0.25, 0.3) is 0 Å². The minimum absolute atomic E-state index is 0.688. The van der Waals surface area contributed by atoms with Crippen LogP contribution in [0.5, 0.6) is 17.2 Å². The number of halogens is 1. The molecule has 0 aliphatic heterocycles. The minimum Gasteiger partial charge on any atom is -0.490 e. The summed E-state index contributed by atoms with van der Waals surface area (Å²) in [5.74, 6) is 2.18. The molecule has 81 valence electrons. The predicted molar refractivity (Wildman–Crippen MR) is 64.0 cm³/mol. The van der Waals surface area contributed by atoms with Gasteiger partial charge in [-0.1, -0.05) is 11.6 Å². The third-order valence-electron chi connectivity index (χ3n) is 2.04. The van der Waals surface area contributed by atoms with Crippen LogP contribution in [-0.4, -0.2) is 0 Å². The number of benzene rings is 2. The van der Waals surface area contributed by atoms with Crippen molar-refractivity contribution in [1.29, 1.82) is 0 Å². The van der Waals surface area contributed by atoms with Gasteiger partial charge < -0.3 is 9.47 Å². The summed E-state index contributed by atoms with van der Waals surface area (Å²) >= 11 is 5.78. The summed E-state index contributed by atoms with van der Waals surface area (Å²) in [6.07, 6.45) is 0. The third-order valence-corrected chi connectivity index (χ3v) is 2.29. The lowest BCUT2D eigenvalue weighted by molar-refractivity contribution is 0.464. The maximum atomic E-state index is 5.78. The van der Waals surface area contributed by atoms with Gasteiger partial charge in [-0.15, -0.1) is 0 Å². The van der Waals surface area contributed by atoms with E-state index < -0.39 is 0 Å². The van der Waals surface area contributed by atoms with Crippen LogP contribution in [-0.2, 0) is 0 Å². The van der Waals surface area contributed by atoms with E-state index in [1.54, 1.807) is 24.3 Å². The van der Waals surface area contributed by atoms with E-state index in [2.05, 4.69) is 7.11 Å². The number of rotatable bonds is 3. The Hall–Kier alpha value is -1.67. The van der Waals surface area contributed by atoms with Crippen molar-refractivity contribution in [2.45, 2.75) is 0 Å². The molecule has 0 fully saturated rings. The first-order valence-electron chi connectivity index (χ1n) is 4.73. The molecule has 1 radical (unpaired) electrons. The quantitative estimate of drug-likeness (QED) is 0.787. The van der Waals surface area contributed by atoms with E-state index in [-0.39, 0.29) is 0 Å². The Bertz CT molecular complexity index is 448. The third kappa shape index (κ3) is 2.67. The van der Waals surface area contributed by atoms with Crippen molar-refractivity contribution in [3.63, 3.8) is 0 Å². The van der Waals surface area contributed by atoms with Crippen molar-refractivity contribution in [1.82, 2.24) is 0 Å². The average molecular weight is 234 g/mol. The summed E-state index contributed by atoms with van der Waals surface area (Å²) in [6, 6.07) is 14.4. The zero-order chi connectivity index (χ0) is 11.4. The summed E-state index contributed by atoms with van der Waals surface area (Å²) in [7, 11) is 3.32. The normalized spacial score (nSPS) is 9.88. The maximum absolute atomic E-state index is 5.78. The van der Waals surface area contributed by atoms with Crippen molar-refractivity contribution < 1.29 is 9.47 Å². The van der Waals surface area contributed by atoms with E-state index in [0.717, 1.165) is 11.5 Å². The molecule has 0 amide bonds. The number of hydrogen-bond donors (Lipinski definition) is 0. The molecule has 0 aliphatic rings. The second-order valence-corrected chi connectivity index (χ2v) is 3.61. The topological polar surface area (TPSA) is 18.5 Å². The average Bonchev–Trinajstić information content (AvgIpc) is 2.33. The first-order valence-corrected chi connectivity index (χ1v) is 5.11. The standard InChI is InChI=1S/C13H10ClO2/c1-15-11-6-8-13(9-7-11)16-12-4-2-10(14)3-5-12/h2-9H,1H2. The molecular weight excluding hydrogens is 224 g/mol. The highest BCUT2D eigenvalue weighted by Gasteiger charge is 1.97. The smallest absolute Gasteiger partial charge is 0.127 e. The van der Waals surface area contributed by atoms with Gasteiger partial charge in [0, 0.05) is 5.02 Å². The van der Waals surface area contributed by atoms with Gasteiger partial charge in [0.05, 0.1) is 0 Å². The Morgan fingerprint density at radius 3 is 1.69 bits per heavy atom. The van der Waals surface area contributed by atoms with Crippen LogP contribution in [0.2, 0.25) is 5.02 Å². The highest BCUT2D eigenvalue weighted by molar-refractivity contribution is 6.30. The zero-order valence-electron chi connectivity index (χ0n) is 8.52. The van der Waals surface area contributed by atoms with E-state index in [0.29, 0.717) is 10.8 Å². The van der Waals surface area contributed by atoms with Crippen LogP contribution >= 0.6 is 11.6 Å². The van der Waals surface area contributed by atoms with Crippen LogP contribution in [0.4, 0.5) is 0 Å². The summed E-state index contributed by atoms with van der Waals surface area (Å²) in [5.41, 5.74) is 0. The summed E-state index contributed by atoms with van der Waals surface area (Å²) in [4.78, 5) is 0. The molecule has 0 aliphatic carbocycles. The van der Waals surface area contributed by atoms with Crippen LogP contribution in [0.1, 0.15) is 0 Å². The van der Waals surface area contributed by atoms with E-state index in [9.17, 15) is 0 Å². The van der Waals surface area contributed by atoms with Crippen LogP contribution < -0.4 is 9.47 Å². The molecular formula is C13H10ClO2. The second kappa shape index (κ2) is 4.90. The molecule has 0 saturated carbocycles. The fourth-order valence-corrected chi connectivity index (χ4v) is 1.37. The van der Waals surface area contributed by atoms with Crippen molar-refractivity contribution in [2.75, 3.05) is 0 Å². The Morgan fingerprint density at radius 2 is 1.19 bits per heavy atom. The van der Waals surface area contributed by atoms with Crippen molar-refractivity contribution >= 4 is 11.6 Å². The monoisotopic (exact) mass is 233 g/mol. The SMILES string of the molecule is [CH2]Oc1ccc(Oc2ccc(Cl)cc2)cc1. The molecule has 2 rings (SSSR count). The van der Waals surface area contributed by atoms with Crippen molar-refractivity contribution in [2.24, 2.45) is 0 Å². The number of hydrogen-bond acceptors (Lipinski definition) is 2. The first-order chi connectivity index (χ1) is 7.78. The molecule has 16 heavy (non-hydrogen) atoms. The van der Waals surface area contributed by atoms with Crippen molar-refractivity contribution in [3.8, 4) is 17.2 Å². The van der Waals surface area contributed by atoms with Gasteiger partial charge >= 0.3 is 0 Å². The minimum atomic E-state index is 0.688.